The average Bonchev–Trinajstić information content (AvgIpc) is 3.16. The first-order valence-corrected chi connectivity index (χ1v) is 11.0. The van der Waals surface area contributed by atoms with Gasteiger partial charge in [0.1, 0.15) is 6.10 Å². The van der Waals surface area contributed by atoms with Gasteiger partial charge in [0.25, 0.3) is 0 Å². The Morgan fingerprint density at radius 1 is 0.818 bits per heavy atom. The second-order valence-electron chi connectivity index (χ2n) is 7.74. The lowest BCUT2D eigenvalue weighted by atomic mass is 9.92. The van der Waals surface area contributed by atoms with Crippen molar-refractivity contribution in [2.45, 2.75) is 31.1 Å². The number of amides is 1. The molecule has 1 fully saturated rings. The molecular formula is C27H29NO5. The fourth-order valence-electron chi connectivity index (χ4n) is 4.50. The summed E-state index contributed by atoms with van der Waals surface area (Å²) in [5.74, 6) is -1.64. The van der Waals surface area contributed by atoms with Gasteiger partial charge in [-0.3, -0.25) is 4.90 Å². The van der Waals surface area contributed by atoms with Crippen LogP contribution in [-0.4, -0.2) is 43.8 Å². The van der Waals surface area contributed by atoms with Crippen LogP contribution in [0.3, 0.4) is 0 Å². The van der Waals surface area contributed by atoms with E-state index < -0.39 is 30.3 Å². The lowest BCUT2D eigenvalue weighted by Gasteiger charge is -2.39. The van der Waals surface area contributed by atoms with Crippen LogP contribution >= 0.6 is 0 Å². The van der Waals surface area contributed by atoms with Gasteiger partial charge in [0.05, 0.1) is 6.04 Å². The Bertz CT molecular complexity index is 985. The van der Waals surface area contributed by atoms with Gasteiger partial charge in [-0.2, -0.15) is 0 Å². The summed E-state index contributed by atoms with van der Waals surface area (Å²) < 4.78 is 23.5. The van der Waals surface area contributed by atoms with Crippen molar-refractivity contribution >= 4 is 6.09 Å². The molecule has 0 radical (unpaired) electrons. The van der Waals surface area contributed by atoms with Crippen LogP contribution in [0.4, 0.5) is 4.79 Å². The molecule has 0 bridgehead atoms. The van der Waals surface area contributed by atoms with Gasteiger partial charge in [0, 0.05) is 20.8 Å². The van der Waals surface area contributed by atoms with E-state index in [4.69, 9.17) is 18.9 Å². The van der Waals surface area contributed by atoms with Crippen molar-refractivity contribution in [1.29, 1.82) is 0 Å². The zero-order valence-corrected chi connectivity index (χ0v) is 19.1. The van der Waals surface area contributed by atoms with Crippen LogP contribution in [0.25, 0.3) is 0 Å². The minimum absolute atomic E-state index is 0.433. The second-order valence-corrected chi connectivity index (χ2v) is 7.74. The summed E-state index contributed by atoms with van der Waals surface area (Å²) in [5.41, 5.74) is 2.78. The van der Waals surface area contributed by atoms with Gasteiger partial charge in [-0.1, -0.05) is 91.0 Å². The van der Waals surface area contributed by atoms with Gasteiger partial charge in [-0.15, -0.1) is 0 Å². The number of hydrogen-bond acceptors (Lipinski definition) is 5. The highest BCUT2D eigenvalue weighted by molar-refractivity contribution is 5.73. The Morgan fingerprint density at radius 3 is 1.70 bits per heavy atom. The van der Waals surface area contributed by atoms with Crippen molar-refractivity contribution in [3.8, 4) is 0 Å². The molecule has 0 saturated carbocycles. The maximum absolute atomic E-state index is 13.5. The molecule has 1 aliphatic heterocycles. The summed E-state index contributed by atoms with van der Waals surface area (Å²) in [7, 11) is 2.95. The first-order valence-electron chi connectivity index (χ1n) is 11.0. The number of nitrogens with zero attached hydrogens (tertiary/aromatic N) is 1. The predicted octanol–water partition coefficient (Wildman–Crippen LogP) is 5.32. The van der Waals surface area contributed by atoms with Crippen LogP contribution < -0.4 is 0 Å². The van der Waals surface area contributed by atoms with Crippen molar-refractivity contribution in [3.63, 3.8) is 0 Å². The number of ether oxygens (including phenoxy) is 4. The average molecular weight is 448 g/mol. The molecule has 4 rings (SSSR count). The second kappa shape index (κ2) is 10.2. The van der Waals surface area contributed by atoms with E-state index in [1.807, 2.05) is 97.9 Å². The lowest BCUT2D eigenvalue weighted by molar-refractivity contribution is -0.344. The topological polar surface area (TPSA) is 57.2 Å². The van der Waals surface area contributed by atoms with Gasteiger partial charge in [-0.25, -0.2) is 4.79 Å². The molecule has 6 nitrogen and oxygen atoms in total. The molecule has 0 spiro atoms. The van der Waals surface area contributed by atoms with E-state index in [-0.39, 0.29) is 0 Å². The molecule has 1 heterocycles. The summed E-state index contributed by atoms with van der Waals surface area (Å²) >= 11 is 0. The minimum atomic E-state index is -1.64. The molecule has 2 unspecified atom stereocenters. The Morgan fingerprint density at radius 2 is 1.27 bits per heavy atom. The predicted molar refractivity (Wildman–Crippen MR) is 124 cm³/mol. The summed E-state index contributed by atoms with van der Waals surface area (Å²) in [6.07, 6.45) is -1.10. The van der Waals surface area contributed by atoms with E-state index in [2.05, 4.69) is 0 Å². The van der Waals surface area contributed by atoms with Crippen LogP contribution in [0.5, 0.6) is 0 Å². The first-order chi connectivity index (χ1) is 16.1. The van der Waals surface area contributed by atoms with Crippen molar-refractivity contribution in [2.24, 2.45) is 0 Å². The van der Waals surface area contributed by atoms with Crippen LogP contribution in [0, 0.1) is 0 Å². The number of rotatable bonds is 9. The number of hydrogen-bond donors (Lipinski definition) is 0. The number of cyclic esters (lactones) is 1. The van der Waals surface area contributed by atoms with Crippen LogP contribution in [0.1, 0.15) is 35.8 Å². The van der Waals surface area contributed by atoms with Gasteiger partial charge in [-0.05, 0) is 23.6 Å². The molecular weight excluding hydrogens is 418 g/mol. The molecule has 0 N–H and O–H groups in total. The summed E-state index contributed by atoms with van der Waals surface area (Å²) in [6.45, 7) is 2.36. The number of methoxy groups -OCH3 is 2. The normalized spacial score (nSPS) is 18.4. The Kier molecular flexibility index (Phi) is 7.08. The van der Waals surface area contributed by atoms with E-state index in [0.29, 0.717) is 6.61 Å². The zero-order chi connectivity index (χ0) is 23.3. The molecule has 0 aromatic heterocycles. The summed E-state index contributed by atoms with van der Waals surface area (Å²) in [5, 5.41) is 0. The third kappa shape index (κ3) is 4.37. The first kappa shape index (κ1) is 23.0. The fraction of sp³-hybridized carbons (Fsp3) is 0.296. The molecule has 1 aliphatic rings. The quantitative estimate of drug-likeness (QED) is 0.416. The third-order valence-corrected chi connectivity index (χ3v) is 5.94. The van der Waals surface area contributed by atoms with E-state index >= 15 is 0 Å². The van der Waals surface area contributed by atoms with Gasteiger partial charge < -0.3 is 18.9 Å². The van der Waals surface area contributed by atoms with Crippen molar-refractivity contribution in [1.82, 2.24) is 4.90 Å². The maximum atomic E-state index is 13.5. The van der Waals surface area contributed by atoms with Gasteiger partial charge in [0.15, 0.2) is 6.04 Å². The van der Waals surface area contributed by atoms with Crippen molar-refractivity contribution in [3.05, 3.63) is 108 Å². The van der Waals surface area contributed by atoms with Crippen molar-refractivity contribution in [2.75, 3.05) is 20.8 Å². The number of carbonyl (C=O) groups is 1. The molecule has 1 amide bonds. The third-order valence-electron chi connectivity index (χ3n) is 5.94. The Labute approximate surface area is 194 Å². The monoisotopic (exact) mass is 447 g/mol. The highest BCUT2D eigenvalue weighted by atomic mass is 16.9. The minimum Gasteiger partial charge on any atom is -0.389 e. The van der Waals surface area contributed by atoms with Crippen LogP contribution in [0.2, 0.25) is 0 Å². The molecule has 3 aromatic carbocycles. The molecule has 33 heavy (non-hydrogen) atoms. The molecule has 6 heteroatoms. The molecule has 172 valence electrons. The number of carbonyl (C=O) groups excluding carboxylic acids is 1. The molecule has 1 saturated heterocycles. The molecule has 2 atom stereocenters. The van der Waals surface area contributed by atoms with Crippen molar-refractivity contribution < 1.29 is 23.7 Å². The largest absolute Gasteiger partial charge is 0.415 e. The van der Waals surface area contributed by atoms with Gasteiger partial charge in [0.2, 0.25) is 0 Å². The smallest absolute Gasteiger partial charge is 0.389 e. The van der Waals surface area contributed by atoms with Crippen LogP contribution in [0.15, 0.2) is 91.0 Å². The van der Waals surface area contributed by atoms with Crippen LogP contribution in [-0.2, 0) is 18.9 Å². The highest BCUT2D eigenvalue weighted by Crippen LogP contribution is 2.46. The SMILES string of the molecule is CCOC(c1ccccc1)C1N(C(c2ccccc2)c2ccccc2)C(=O)OC1(OC)OC. The summed E-state index contributed by atoms with van der Waals surface area (Å²) in [4.78, 5) is 15.2. The molecule has 0 aliphatic carbocycles. The Hall–Kier alpha value is -3.19. The fourth-order valence-corrected chi connectivity index (χ4v) is 4.50. The van der Waals surface area contributed by atoms with E-state index in [9.17, 15) is 4.79 Å². The maximum Gasteiger partial charge on any atom is 0.415 e. The van der Waals surface area contributed by atoms with E-state index in [1.165, 1.54) is 14.2 Å². The standard InChI is InChI=1S/C27H29NO5/c1-4-32-24(22-18-12-7-13-19-22)25-27(30-2,31-3)33-26(29)28(25)23(20-14-8-5-9-15-20)21-16-10-6-11-17-21/h5-19,23-25H,4H2,1-3H3. The van der Waals surface area contributed by atoms with E-state index in [0.717, 1.165) is 16.7 Å². The molecule has 3 aromatic rings. The zero-order valence-electron chi connectivity index (χ0n) is 19.1. The Balaban J connectivity index is 1.92. The van der Waals surface area contributed by atoms with E-state index in [1.54, 1.807) is 4.90 Å². The summed E-state index contributed by atoms with van der Waals surface area (Å²) in [6, 6.07) is 28.3. The highest BCUT2D eigenvalue weighted by Gasteiger charge is 2.62. The van der Waals surface area contributed by atoms with Gasteiger partial charge >= 0.3 is 12.1 Å². The number of benzene rings is 3. The lowest BCUT2D eigenvalue weighted by Crippen LogP contribution is -2.53.